The van der Waals surface area contributed by atoms with Gasteiger partial charge in [-0.1, -0.05) is 46.9 Å². The number of amides is 1. The highest BCUT2D eigenvalue weighted by Gasteiger charge is 2.30. The summed E-state index contributed by atoms with van der Waals surface area (Å²) in [7, 11) is -3.80. The maximum absolute atomic E-state index is 12.5. The molecule has 0 spiro atoms. The van der Waals surface area contributed by atoms with Gasteiger partial charge in [0.15, 0.2) is 0 Å². The quantitative estimate of drug-likeness (QED) is 0.598. The summed E-state index contributed by atoms with van der Waals surface area (Å²) < 4.78 is 31.0. The van der Waals surface area contributed by atoms with Gasteiger partial charge in [0.2, 0.25) is 15.9 Å². The van der Waals surface area contributed by atoms with Crippen molar-refractivity contribution < 1.29 is 17.9 Å². The lowest BCUT2D eigenvalue weighted by atomic mass is 10.2. The maximum atomic E-state index is 12.5. The first-order chi connectivity index (χ1) is 13.1. The second-order valence-corrected chi connectivity index (χ2v) is 9.01. The molecular weight excluding hydrogens is 447 g/mol. The Bertz CT molecular complexity index is 954. The average molecular weight is 466 g/mol. The zero-order valence-corrected chi connectivity index (χ0v) is 18.2. The van der Waals surface area contributed by atoms with Crippen molar-refractivity contribution in [2.75, 3.05) is 23.7 Å². The SMILES string of the molecule is CC(C(=O)NCCOc1ccccc1Cl)N(c1cc(Cl)ccc1Cl)S(C)(=O)=O. The summed E-state index contributed by atoms with van der Waals surface area (Å²) >= 11 is 18.1. The fourth-order valence-electron chi connectivity index (χ4n) is 2.48. The molecule has 2 aromatic rings. The van der Waals surface area contributed by atoms with Gasteiger partial charge in [0, 0.05) is 5.02 Å². The van der Waals surface area contributed by atoms with Crippen LogP contribution in [0.2, 0.25) is 15.1 Å². The van der Waals surface area contributed by atoms with Crippen molar-refractivity contribution in [2.45, 2.75) is 13.0 Å². The number of carbonyl (C=O) groups excluding carboxylic acids is 1. The van der Waals surface area contributed by atoms with Gasteiger partial charge in [0.05, 0.1) is 28.5 Å². The monoisotopic (exact) mass is 464 g/mol. The molecule has 28 heavy (non-hydrogen) atoms. The van der Waals surface area contributed by atoms with E-state index in [-0.39, 0.29) is 23.9 Å². The lowest BCUT2D eigenvalue weighted by Gasteiger charge is -2.29. The van der Waals surface area contributed by atoms with Crippen LogP contribution in [0.1, 0.15) is 6.92 Å². The van der Waals surface area contributed by atoms with E-state index < -0.39 is 22.0 Å². The molecule has 1 N–H and O–H groups in total. The Morgan fingerprint density at radius 1 is 1.14 bits per heavy atom. The van der Waals surface area contributed by atoms with Crippen molar-refractivity contribution in [3.05, 3.63) is 57.5 Å². The van der Waals surface area contributed by atoms with E-state index in [2.05, 4.69) is 5.32 Å². The minimum atomic E-state index is -3.80. The van der Waals surface area contributed by atoms with Crippen LogP contribution >= 0.6 is 34.8 Å². The molecule has 0 saturated carbocycles. The lowest BCUT2D eigenvalue weighted by molar-refractivity contribution is -0.121. The molecule has 0 heterocycles. The Morgan fingerprint density at radius 2 is 1.82 bits per heavy atom. The van der Waals surface area contributed by atoms with E-state index >= 15 is 0 Å². The van der Waals surface area contributed by atoms with Crippen LogP contribution in [-0.2, 0) is 14.8 Å². The van der Waals surface area contributed by atoms with Crippen LogP contribution in [0.25, 0.3) is 0 Å². The summed E-state index contributed by atoms with van der Waals surface area (Å²) in [5.74, 6) is -0.0147. The third-order valence-electron chi connectivity index (χ3n) is 3.73. The minimum absolute atomic E-state index is 0.131. The number of sulfonamides is 1. The molecule has 2 rings (SSSR count). The molecule has 0 bridgehead atoms. The first-order valence-corrected chi connectivity index (χ1v) is 11.2. The fraction of sp³-hybridized carbons (Fsp3) is 0.278. The maximum Gasteiger partial charge on any atom is 0.243 e. The van der Waals surface area contributed by atoms with E-state index in [1.54, 1.807) is 24.3 Å². The molecule has 1 atom stereocenters. The Labute approximate surface area is 179 Å². The number of anilines is 1. The summed E-state index contributed by atoms with van der Waals surface area (Å²) in [4.78, 5) is 12.5. The van der Waals surface area contributed by atoms with Gasteiger partial charge in [0.25, 0.3) is 0 Å². The largest absolute Gasteiger partial charge is 0.490 e. The van der Waals surface area contributed by atoms with Gasteiger partial charge in [-0.05, 0) is 37.3 Å². The second kappa shape index (κ2) is 9.69. The number of nitrogens with zero attached hydrogens (tertiary/aromatic N) is 1. The molecule has 1 amide bonds. The smallest absolute Gasteiger partial charge is 0.243 e. The van der Waals surface area contributed by atoms with Gasteiger partial charge in [0.1, 0.15) is 18.4 Å². The number of rotatable bonds is 8. The Kier molecular flexibility index (Phi) is 7.83. The number of benzene rings is 2. The third kappa shape index (κ3) is 5.91. The Balaban J connectivity index is 2.06. The molecule has 152 valence electrons. The summed E-state index contributed by atoms with van der Waals surface area (Å²) in [6, 6.07) is 10.3. The van der Waals surface area contributed by atoms with E-state index in [9.17, 15) is 13.2 Å². The van der Waals surface area contributed by atoms with Crippen molar-refractivity contribution in [3.63, 3.8) is 0 Å². The molecule has 10 heteroatoms. The van der Waals surface area contributed by atoms with Gasteiger partial charge in [-0.3, -0.25) is 9.10 Å². The predicted octanol–water partition coefficient (Wildman–Crippen LogP) is 4.00. The number of halogens is 3. The van der Waals surface area contributed by atoms with Gasteiger partial charge in [-0.25, -0.2) is 8.42 Å². The normalized spacial score (nSPS) is 12.3. The van der Waals surface area contributed by atoms with Crippen molar-refractivity contribution in [2.24, 2.45) is 0 Å². The van der Waals surface area contributed by atoms with Crippen LogP contribution < -0.4 is 14.4 Å². The zero-order chi connectivity index (χ0) is 20.9. The first kappa shape index (κ1) is 22.6. The van der Waals surface area contributed by atoms with Gasteiger partial charge in [-0.15, -0.1) is 0 Å². The van der Waals surface area contributed by atoms with Crippen molar-refractivity contribution in [1.82, 2.24) is 5.32 Å². The minimum Gasteiger partial charge on any atom is -0.490 e. The zero-order valence-electron chi connectivity index (χ0n) is 15.2. The molecule has 0 aliphatic carbocycles. The molecule has 1 unspecified atom stereocenters. The standard InChI is InChI=1S/C18H19Cl3N2O4S/c1-12(18(24)22-9-10-27-17-6-4-3-5-15(17)21)23(28(2,25)26)16-11-13(19)7-8-14(16)20/h3-8,11-12H,9-10H2,1-2H3,(H,22,24). The highest BCUT2D eigenvalue weighted by molar-refractivity contribution is 7.92. The predicted molar refractivity (Wildman–Crippen MR) is 113 cm³/mol. The number of carbonyl (C=O) groups is 1. The molecule has 0 radical (unpaired) electrons. The molecule has 2 aromatic carbocycles. The number of para-hydroxylation sites is 1. The van der Waals surface area contributed by atoms with Crippen molar-refractivity contribution in [3.8, 4) is 5.75 Å². The number of hydrogen-bond donors (Lipinski definition) is 1. The van der Waals surface area contributed by atoms with E-state index in [0.29, 0.717) is 15.8 Å². The van der Waals surface area contributed by atoms with E-state index in [1.165, 1.54) is 25.1 Å². The number of ether oxygens (including phenoxy) is 1. The summed E-state index contributed by atoms with van der Waals surface area (Å²) in [5, 5.41) is 3.56. The fourth-order valence-corrected chi connectivity index (χ4v) is 4.27. The topological polar surface area (TPSA) is 75.7 Å². The van der Waals surface area contributed by atoms with E-state index in [0.717, 1.165) is 10.6 Å². The third-order valence-corrected chi connectivity index (χ3v) is 5.82. The summed E-state index contributed by atoms with van der Waals surface area (Å²) in [5.41, 5.74) is 0.131. The number of nitrogens with one attached hydrogen (secondary N) is 1. The molecule has 0 aliphatic heterocycles. The van der Waals surface area contributed by atoms with Crippen molar-refractivity contribution in [1.29, 1.82) is 0 Å². The van der Waals surface area contributed by atoms with E-state index in [4.69, 9.17) is 39.5 Å². The van der Waals surface area contributed by atoms with Gasteiger partial charge < -0.3 is 10.1 Å². The highest BCUT2D eigenvalue weighted by Crippen LogP contribution is 2.32. The molecule has 0 aliphatic rings. The summed E-state index contributed by atoms with van der Waals surface area (Å²) in [6.45, 7) is 1.79. The average Bonchev–Trinajstić information content (AvgIpc) is 2.61. The van der Waals surface area contributed by atoms with Crippen LogP contribution in [0.15, 0.2) is 42.5 Å². The highest BCUT2D eigenvalue weighted by atomic mass is 35.5. The van der Waals surface area contributed by atoms with Crippen LogP contribution in [-0.4, -0.2) is 39.8 Å². The van der Waals surface area contributed by atoms with Crippen LogP contribution in [0.4, 0.5) is 5.69 Å². The number of hydrogen-bond acceptors (Lipinski definition) is 4. The van der Waals surface area contributed by atoms with Crippen LogP contribution in [0.3, 0.4) is 0 Å². The summed E-state index contributed by atoms with van der Waals surface area (Å²) in [6.07, 6.45) is 0.995. The molecule has 0 aromatic heterocycles. The first-order valence-electron chi connectivity index (χ1n) is 8.20. The Hall–Kier alpha value is -1.67. The lowest BCUT2D eigenvalue weighted by Crippen LogP contribution is -2.48. The van der Waals surface area contributed by atoms with Gasteiger partial charge in [-0.2, -0.15) is 0 Å². The second-order valence-electron chi connectivity index (χ2n) is 5.90. The molecule has 6 nitrogen and oxygen atoms in total. The van der Waals surface area contributed by atoms with Gasteiger partial charge >= 0.3 is 0 Å². The molecular formula is C18H19Cl3N2O4S. The van der Waals surface area contributed by atoms with Crippen molar-refractivity contribution >= 4 is 56.4 Å². The molecule has 0 fully saturated rings. The Morgan fingerprint density at radius 3 is 2.46 bits per heavy atom. The van der Waals surface area contributed by atoms with Crippen LogP contribution in [0.5, 0.6) is 5.75 Å². The van der Waals surface area contributed by atoms with E-state index in [1.807, 2.05) is 0 Å². The molecule has 0 saturated heterocycles. The van der Waals surface area contributed by atoms with Crippen LogP contribution in [0, 0.1) is 0 Å².